The van der Waals surface area contributed by atoms with Crippen molar-refractivity contribution in [2.24, 2.45) is 35.0 Å². The first-order chi connectivity index (χ1) is 10.5. The summed E-state index contributed by atoms with van der Waals surface area (Å²) in [6, 6.07) is 0. The van der Waals surface area contributed by atoms with E-state index in [0.29, 0.717) is 17.6 Å². The standard InChI is InChI=1S/C20H28O2/c1-3-20(22)11-9-18-17-6-4-13-12-14(21)5-7-15(13)16(17)8-10-19(18,20)2/h1,5,13,15-18,21-22H,4,6-12H2,2H3/t13?,15-,16+,17+,18-,19-,20-/m0/s1. The average Bonchev–Trinajstić information content (AvgIpc) is 2.79. The van der Waals surface area contributed by atoms with E-state index in [9.17, 15) is 10.2 Å². The van der Waals surface area contributed by atoms with Gasteiger partial charge in [-0.25, -0.2) is 0 Å². The van der Waals surface area contributed by atoms with Crippen molar-refractivity contribution in [2.75, 3.05) is 0 Å². The van der Waals surface area contributed by atoms with E-state index in [1.165, 1.54) is 19.3 Å². The fourth-order valence-electron chi connectivity index (χ4n) is 6.73. The monoisotopic (exact) mass is 300 g/mol. The third kappa shape index (κ3) is 1.78. The molecule has 0 amide bonds. The molecule has 0 radical (unpaired) electrons. The third-order valence-corrected chi connectivity index (χ3v) is 8.01. The maximum absolute atomic E-state index is 10.9. The lowest BCUT2D eigenvalue weighted by molar-refractivity contribution is -0.101. The van der Waals surface area contributed by atoms with E-state index < -0.39 is 5.60 Å². The van der Waals surface area contributed by atoms with Crippen LogP contribution in [0.1, 0.15) is 58.3 Å². The lowest BCUT2D eigenvalue weighted by Crippen LogP contribution is -2.52. The van der Waals surface area contributed by atoms with Gasteiger partial charge in [-0.2, -0.15) is 0 Å². The molecule has 2 heteroatoms. The molecular weight excluding hydrogens is 272 g/mol. The first-order valence-electron chi connectivity index (χ1n) is 9.06. The number of aliphatic hydroxyl groups is 2. The van der Waals surface area contributed by atoms with Crippen molar-refractivity contribution in [3.05, 3.63) is 11.8 Å². The molecule has 22 heavy (non-hydrogen) atoms. The fourth-order valence-corrected chi connectivity index (χ4v) is 6.73. The predicted molar refractivity (Wildman–Crippen MR) is 87.0 cm³/mol. The molecule has 0 saturated heterocycles. The SMILES string of the molecule is C#C[C@]1(O)CC[C@H]2[C@@H]3CCC4CC(O)=CC[C@@H]4[C@H]3CC[C@@]21C. The second-order valence-electron chi connectivity index (χ2n) is 8.57. The van der Waals surface area contributed by atoms with E-state index in [4.69, 9.17) is 6.42 Å². The van der Waals surface area contributed by atoms with E-state index >= 15 is 0 Å². The number of allylic oxidation sites excluding steroid dienone is 2. The van der Waals surface area contributed by atoms with Gasteiger partial charge in [0, 0.05) is 11.8 Å². The van der Waals surface area contributed by atoms with Crippen LogP contribution in [0, 0.1) is 47.3 Å². The molecule has 0 aromatic heterocycles. The second kappa shape index (κ2) is 4.78. The summed E-state index contributed by atoms with van der Waals surface area (Å²) in [5, 5.41) is 20.8. The van der Waals surface area contributed by atoms with Gasteiger partial charge in [0.2, 0.25) is 0 Å². The van der Waals surface area contributed by atoms with Gasteiger partial charge in [-0.05, 0) is 80.6 Å². The van der Waals surface area contributed by atoms with E-state index in [2.05, 4.69) is 18.9 Å². The van der Waals surface area contributed by atoms with Crippen molar-refractivity contribution in [3.8, 4) is 12.3 Å². The molecule has 2 nitrogen and oxygen atoms in total. The molecule has 3 saturated carbocycles. The minimum atomic E-state index is -0.885. The van der Waals surface area contributed by atoms with Gasteiger partial charge in [-0.1, -0.05) is 12.8 Å². The van der Waals surface area contributed by atoms with Crippen molar-refractivity contribution in [1.82, 2.24) is 0 Å². The summed E-state index contributed by atoms with van der Waals surface area (Å²) in [6.45, 7) is 2.25. The van der Waals surface area contributed by atoms with E-state index in [-0.39, 0.29) is 5.41 Å². The summed E-state index contributed by atoms with van der Waals surface area (Å²) < 4.78 is 0. The van der Waals surface area contributed by atoms with E-state index in [1.54, 1.807) is 0 Å². The number of aliphatic hydroxyl groups excluding tert-OH is 1. The molecule has 4 aliphatic rings. The summed E-state index contributed by atoms with van der Waals surface area (Å²) in [5.74, 6) is 6.90. The van der Waals surface area contributed by atoms with Crippen molar-refractivity contribution >= 4 is 0 Å². The largest absolute Gasteiger partial charge is 0.513 e. The fraction of sp³-hybridized carbons (Fsp3) is 0.800. The van der Waals surface area contributed by atoms with Crippen molar-refractivity contribution in [2.45, 2.75) is 63.9 Å². The normalized spacial score (nSPS) is 53.7. The van der Waals surface area contributed by atoms with Gasteiger partial charge in [-0.15, -0.1) is 6.42 Å². The van der Waals surface area contributed by atoms with E-state index in [1.807, 2.05) is 0 Å². The molecule has 120 valence electrons. The Morgan fingerprint density at radius 3 is 2.73 bits per heavy atom. The Kier molecular flexibility index (Phi) is 3.18. The Labute approximate surface area is 134 Å². The molecule has 4 aliphatic carbocycles. The van der Waals surface area contributed by atoms with Gasteiger partial charge in [0.05, 0.1) is 5.76 Å². The molecule has 0 spiro atoms. The Hall–Kier alpha value is -0.940. The second-order valence-corrected chi connectivity index (χ2v) is 8.57. The van der Waals surface area contributed by atoms with Gasteiger partial charge in [-0.3, -0.25) is 0 Å². The van der Waals surface area contributed by atoms with Gasteiger partial charge in [0.25, 0.3) is 0 Å². The summed E-state index contributed by atoms with van der Waals surface area (Å²) in [7, 11) is 0. The smallest absolute Gasteiger partial charge is 0.130 e. The van der Waals surface area contributed by atoms with Crippen LogP contribution < -0.4 is 0 Å². The molecule has 0 aromatic carbocycles. The van der Waals surface area contributed by atoms with Crippen LogP contribution in [0.15, 0.2) is 11.8 Å². The van der Waals surface area contributed by atoms with Crippen LogP contribution in [0.4, 0.5) is 0 Å². The van der Waals surface area contributed by atoms with Crippen molar-refractivity contribution in [1.29, 1.82) is 0 Å². The molecule has 1 unspecified atom stereocenters. The number of hydrogen-bond acceptors (Lipinski definition) is 2. The number of rotatable bonds is 0. The minimum absolute atomic E-state index is 0.0810. The van der Waals surface area contributed by atoms with Crippen LogP contribution in [0.2, 0.25) is 0 Å². The molecule has 0 bridgehead atoms. The molecule has 4 rings (SSSR count). The third-order valence-electron chi connectivity index (χ3n) is 8.01. The first kappa shape index (κ1) is 14.6. The quantitative estimate of drug-likeness (QED) is 0.662. The van der Waals surface area contributed by atoms with E-state index in [0.717, 1.165) is 49.9 Å². The van der Waals surface area contributed by atoms with Crippen LogP contribution in [0.5, 0.6) is 0 Å². The van der Waals surface area contributed by atoms with Crippen LogP contribution >= 0.6 is 0 Å². The highest BCUT2D eigenvalue weighted by Crippen LogP contribution is 2.65. The zero-order valence-corrected chi connectivity index (χ0v) is 13.6. The van der Waals surface area contributed by atoms with Crippen LogP contribution in [0.25, 0.3) is 0 Å². The zero-order valence-electron chi connectivity index (χ0n) is 13.6. The lowest BCUT2D eigenvalue weighted by atomic mass is 9.49. The Bertz CT molecular complexity index is 544. The Balaban J connectivity index is 1.62. The maximum atomic E-state index is 10.9. The number of fused-ring (bicyclic) bond motifs is 5. The topological polar surface area (TPSA) is 40.5 Å². The van der Waals surface area contributed by atoms with Crippen LogP contribution in [-0.2, 0) is 0 Å². The summed E-state index contributed by atoms with van der Waals surface area (Å²) in [4.78, 5) is 0. The molecular formula is C20H28O2. The number of hydrogen-bond donors (Lipinski definition) is 2. The predicted octanol–water partition coefficient (Wildman–Crippen LogP) is 4.06. The van der Waals surface area contributed by atoms with Crippen molar-refractivity contribution in [3.63, 3.8) is 0 Å². The molecule has 0 aromatic rings. The molecule has 7 atom stereocenters. The highest BCUT2D eigenvalue weighted by atomic mass is 16.3. The maximum Gasteiger partial charge on any atom is 0.130 e. The molecule has 2 N–H and O–H groups in total. The van der Waals surface area contributed by atoms with Crippen LogP contribution in [-0.4, -0.2) is 15.8 Å². The Morgan fingerprint density at radius 2 is 1.95 bits per heavy atom. The van der Waals surface area contributed by atoms with Gasteiger partial charge in [0.15, 0.2) is 0 Å². The first-order valence-corrected chi connectivity index (χ1v) is 9.06. The van der Waals surface area contributed by atoms with Crippen LogP contribution in [0.3, 0.4) is 0 Å². The molecule has 0 aliphatic heterocycles. The van der Waals surface area contributed by atoms with Gasteiger partial charge >= 0.3 is 0 Å². The van der Waals surface area contributed by atoms with Gasteiger partial charge in [0.1, 0.15) is 5.60 Å². The molecule has 3 fully saturated rings. The van der Waals surface area contributed by atoms with Crippen molar-refractivity contribution < 1.29 is 10.2 Å². The van der Waals surface area contributed by atoms with Gasteiger partial charge < -0.3 is 10.2 Å². The summed E-state index contributed by atoms with van der Waals surface area (Å²) in [5.41, 5.74) is -0.966. The Morgan fingerprint density at radius 1 is 1.14 bits per heavy atom. The zero-order chi connectivity index (χ0) is 15.5. The summed E-state index contributed by atoms with van der Waals surface area (Å²) >= 11 is 0. The summed E-state index contributed by atoms with van der Waals surface area (Å²) in [6.07, 6.45) is 16.4. The lowest BCUT2D eigenvalue weighted by Gasteiger charge is -2.55. The average molecular weight is 300 g/mol. The minimum Gasteiger partial charge on any atom is -0.513 e. The number of terminal acetylenes is 1. The highest BCUT2D eigenvalue weighted by molar-refractivity contribution is 5.23. The molecule has 0 heterocycles. The highest BCUT2D eigenvalue weighted by Gasteiger charge is 2.62.